The van der Waals surface area contributed by atoms with Crippen molar-refractivity contribution in [2.45, 2.75) is 44.7 Å². The minimum atomic E-state index is -0.856. The summed E-state index contributed by atoms with van der Waals surface area (Å²) in [4.78, 5) is 12.4. The van der Waals surface area contributed by atoms with E-state index in [0.29, 0.717) is 19.1 Å². The highest BCUT2D eigenvalue weighted by molar-refractivity contribution is 5.82. The zero-order chi connectivity index (χ0) is 13.9. The van der Waals surface area contributed by atoms with Gasteiger partial charge in [-0.05, 0) is 43.9 Å². The first kappa shape index (κ1) is 14.0. The van der Waals surface area contributed by atoms with Crippen molar-refractivity contribution in [2.75, 3.05) is 6.61 Å². The zero-order valence-corrected chi connectivity index (χ0v) is 11.4. The lowest BCUT2D eigenvalue weighted by Crippen LogP contribution is -2.50. The van der Waals surface area contributed by atoms with Crippen molar-refractivity contribution in [2.24, 2.45) is 0 Å². The second-order valence-electron chi connectivity index (χ2n) is 4.90. The van der Waals surface area contributed by atoms with Crippen molar-refractivity contribution >= 4 is 5.97 Å². The minimum absolute atomic E-state index is 0.281. The Kier molecular flexibility index (Phi) is 4.20. The number of hydrogen-bond acceptors (Lipinski definition) is 3. The Morgan fingerprint density at radius 1 is 1.37 bits per heavy atom. The number of benzene rings is 1. The van der Waals surface area contributed by atoms with Crippen molar-refractivity contribution in [3.8, 4) is 0 Å². The average Bonchev–Trinajstić information content (AvgIpc) is 3.21. The molecule has 1 unspecified atom stereocenters. The van der Waals surface area contributed by atoms with Crippen LogP contribution in [0.3, 0.4) is 0 Å². The summed E-state index contributed by atoms with van der Waals surface area (Å²) in [5.74, 6) is -0.583. The Hall–Kier alpha value is -1.42. The van der Waals surface area contributed by atoms with Crippen molar-refractivity contribution in [3.05, 3.63) is 35.6 Å². The van der Waals surface area contributed by atoms with Gasteiger partial charge in [-0.2, -0.15) is 0 Å². The van der Waals surface area contributed by atoms with Crippen LogP contribution < -0.4 is 5.32 Å². The fourth-order valence-corrected chi connectivity index (χ4v) is 2.28. The third-order valence-corrected chi connectivity index (χ3v) is 3.52. The van der Waals surface area contributed by atoms with Crippen molar-refractivity contribution in [1.82, 2.24) is 5.32 Å². The van der Waals surface area contributed by atoms with Gasteiger partial charge in [0.25, 0.3) is 0 Å². The monoisotopic (exact) mass is 265 g/mol. The Bertz CT molecular complexity index is 442. The molecule has 1 N–H and O–H groups in total. The van der Waals surface area contributed by atoms with E-state index < -0.39 is 5.54 Å². The number of hydrogen-bond donors (Lipinski definition) is 1. The van der Waals surface area contributed by atoms with Gasteiger partial charge >= 0.3 is 5.97 Å². The molecule has 0 heterocycles. The number of esters is 1. The third-order valence-electron chi connectivity index (χ3n) is 3.52. The first-order valence-corrected chi connectivity index (χ1v) is 6.83. The number of halogens is 1. The van der Waals surface area contributed by atoms with Crippen molar-refractivity contribution in [3.63, 3.8) is 0 Å². The average molecular weight is 265 g/mol. The number of ether oxygens (including phenoxy) is 1. The van der Waals surface area contributed by atoms with Gasteiger partial charge in [-0.15, -0.1) is 0 Å². The molecule has 1 fully saturated rings. The van der Waals surface area contributed by atoms with E-state index in [-0.39, 0.29) is 11.8 Å². The lowest BCUT2D eigenvalue weighted by molar-refractivity contribution is -0.152. The molecule has 0 radical (unpaired) electrons. The lowest BCUT2D eigenvalue weighted by Gasteiger charge is -2.32. The molecule has 3 nitrogen and oxygen atoms in total. The quantitative estimate of drug-likeness (QED) is 0.804. The van der Waals surface area contributed by atoms with Gasteiger partial charge in [-0.25, -0.2) is 9.18 Å². The molecule has 1 aliphatic rings. The Balaban J connectivity index is 2.35. The highest BCUT2D eigenvalue weighted by Crippen LogP contribution is 2.32. The van der Waals surface area contributed by atoms with E-state index in [1.165, 1.54) is 12.1 Å². The van der Waals surface area contributed by atoms with Crippen LogP contribution in [-0.2, 0) is 15.1 Å². The van der Waals surface area contributed by atoms with Crippen LogP contribution in [0.25, 0.3) is 0 Å². The number of carbonyl (C=O) groups is 1. The maximum atomic E-state index is 13.1. The summed E-state index contributed by atoms with van der Waals surface area (Å²) in [5.41, 5.74) is -0.0908. The minimum Gasteiger partial charge on any atom is -0.464 e. The van der Waals surface area contributed by atoms with Crippen LogP contribution in [0.15, 0.2) is 24.3 Å². The van der Waals surface area contributed by atoms with E-state index in [4.69, 9.17) is 4.74 Å². The normalized spacial score (nSPS) is 17.8. The first-order chi connectivity index (χ1) is 9.12. The molecule has 0 aromatic heterocycles. The summed E-state index contributed by atoms with van der Waals surface area (Å²) in [6, 6.07) is 6.44. The van der Waals surface area contributed by atoms with Crippen LogP contribution in [0.4, 0.5) is 4.39 Å². The van der Waals surface area contributed by atoms with E-state index in [1.807, 2.05) is 6.92 Å². The second kappa shape index (κ2) is 5.70. The largest absolute Gasteiger partial charge is 0.464 e. The molecule has 1 saturated carbocycles. The smallest absolute Gasteiger partial charge is 0.330 e. The predicted octanol–water partition coefficient (Wildman–Crippen LogP) is 2.75. The van der Waals surface area contributed by atoms with Gasteiger partial charge in [0.2, 0.25) is 0 Å². The summed E-state index contributed by atoms with van der Waals surface area (Å²) < 4.78 is 18.3. The highest BCUT2D eigenvalue weighted by atomic mass is 19.1. The molecular formula is C15H20FNO2. The maximum absolute atomic E-state index is 13.1. The fourth-order valence-electron chi connectivity index (χ4n) is 2.28. The molecule has 0 spiro atoms. The number of nitrogens with one attached hydrogen (secondary N) is 1. The van der Waals surface area contributed by atoms with E-state index in [2.05, 4.69) is 5.32 Å². The van der Waals surface area contributed by atoms with Crippen LogP contribution in [0, 0.1) is 5.82 Å². The summed E-state index contributed by atoms with van der Waals surface area (Å²) in [7, 11) is 0. The molecule has 1 aromatic rings. The van der Waals surface area contributed by atoms with Gasteiger partial charge in [0.1, 0.15) is 11.4 Å². The van der Waals surface area contributed by atoms with E-state index in [9.17, 15) is 9.18 Å². The number of carbonyl (C=O) groups excluding carboxylic acids is 1. The Morgan fingerprint density at radius 3 is 2.47 bits per heavy atom. The molecule has 19 heavy (non-hydrogen) atoms. The molecular weight excluding hydrogens is 245 g/mol. The van der Waals surface area contributed by atoms with Crippen LogP contribution in [-0.4, -0.2) is 18.6 Å². The van der Waals surface area contributed by atoms with Gasteiger partial charge in [0, 0.05) is 6.04 Å². The number of rotatable bonds is 6. The van der Waals surface area contributed by atoms with Crippen LogP contribution in [0.2, 0.25) is 0 Å². The molecule has 4 heteroatoms. The van der Waals surface area contributed by atoms with Crippen LogP contribution >= 0.6 is 0 Å². The van der Waals surface area contributed by atoms with Gasteiger partial charge in [0.15, 0.2) is 0 Å². The zero-order valence-electron chi connectivity index (χ0n) is 11.4. The molecule has 1 aliphatic carbocycles. The molecule has 0 bridgehead atoms. The molecule has 0 aliphatic heterocycles. The van der Waals surface area contributed by atoms with Crippen LogP contribution in [0.1, 0.15) is 38.7 Å². The van der Waals surface area contributed by atoms with Gasteiger partial charge in [-0.1, -0.05) is 19.1 Å². The van der Waals surface area contributed by atoms with Crippen molar-refractivity contribution in [1.29, 1.82) is 0 Å². The van der Waals surface area contributed by atoms with E-state index in [0.717, 1.165) is 18.4 Å². The van der Waals surface area contributed by atoms with Crippen LogP contribution in [0.5, 0.6) is 0 Å². The summed E-state index contributed by atoms with van der Waals surface area (Å²) in [6.45, 7) is 4.07. The summed E-state index contributed by atoms with van der Waals surface area (Å²) in [6.07, 6.45) is 2.72. The van der Waals surface area contributed by atoms with Gasteiger partial charge in [0.05, 0.1) is 6.61 Å². The first-order valence-electron chi connectivity index (χ1n) is 6.83. The van der Waals surface area contributed by atoms with Gasteiger partial charge in [-0.3, -0.25) is 5.32 Å². The lowest BCUT2D eigenvalue weighted by atomic mass is 9.87. The SMILES string of the molecule is CCOC(=O)C(CC)(NC1CC1)c1ccc(F)cc1. The van der Waals surface area contributed by atoms with Crippen molar-refractivity contribution < 1.29 is 13.9 Å². The van der Waals surface area contributed by atoms with Gasteiger partial charge < -0.3 is 4.74 Å². The summed E-state index contributed by atoms with van der Waals surface area (Å²) >= 11 is 0. The molecule has 1 atom stereocenters. The molecule has 0 amide bonds. The second-order valence-corrected chi connectivity index (χ2v) is 4.90. The van der Waals surface area contributed by atoms with E-state index in [1.54, 1.807) is 19.1 Å². The molecule has 104 valence electrons. The molecule has 1 aromatic carbocycles. The maximum Gasteiger partial charge on any atom is 0.330 e. The molecule has 2 rings (SSSR count). The predicted molar refractivity (Wildman–Crippen MR) is 71.2 cm³/mol. The Morgan fingerprint density at radius 2 is 2.00 bits per heavy atom. The Labute approximate surface area is 113 Å². The topological polar surface area (TPSA) is 38.3 Å². The standard InChI is InChI=1S/C15H20FNO2/c1-3-15(14(18)19-4-2,17-13-9-10-13)11-5-7-12(16)8-6-11/h5-8,13,17H,3-4,9-10H2,1-2H3. The fraction of sp³-hybridized carbons (Fsp3) is 0.533. The third kappa shape index (κ3) is 2.95. The highest BCUT2D eigenvalue weighted by Gasteiger charge is 2.43. The van der Waals surface area contributed by atoms with E-state index >= 15 is 0 Å². The summed E-state index contributed by atoms with van der Waals surface area (Å²) in [5, 5.41) is 3.38. The molecule has 0 saturated heterocycles.